The molecule has 1 saturated heterocycles. The largest absolute Gasteiger partial charge is 0.383 e. The number of fused-ring (bicyclic) bond motifs is 1. The molecule has 1 aromatic carbocycles. The Morgan fingerprint density at radius 1 is 1.27 bits per heavy atom. The summed E-state index contributed by atoms with van der Waals surface area (Å²) in [7, 11) is -0.340. The first-order chi connectivity index (χ1) is 14.4. The van der Waals surface area contributed by atoms with E-state index in [1.54, 1.807) is 23.6 Å². The molecule has 1 fully saturated rings. The number of rotatable bonds is 7. The SMILES string of the molecule is COCCN(C(=O)c1cc(S(=O)(=O)N2CCCC2)cn1C)c1nc2ccccc2s1. The molecule has 1 amide bonds. The molecule has 3 aromatic rings. The molecule has 0 saturated carbocycles. The zero-order valence-corrected chi connectivity index (χ0v) is 18.6. The van der Waals surface area contributed by atoms with Crippen LogP contribution in [0.1, 0.15) is 23.3 Å². The fourth-order valence-electron chi connectivity index (χ4n) is 3.55. The Labute approximate surface area is 179 Å². The molecule has 30 heavy (non-hydrogen) atoms. The molecule has 2 aromatic heterocycles. The van der Waals surface area contributed by atoms with Crippen LogP contribution in [0.15, 0.2) is 41.4 Å². The molecule has 10 heteroatoms. The number of aromatic nitrogens is 2. The lowest BCUT2D eigenvalue weighted by Gasteiger charge is -2.19. The number of carbonyl (C=O) groups excluding carboxylic acids is 1. The van der Waals surface area contributed by atoms with Gasteiger partial charge in [0, 0.05) is 33.4 Å². The molecule has 0 bridgehead atoms. The zero-order valence-electron chi connectivity index (χ0n) is 16.9. The Morgan fingerprint density at radius 3 is 2.70 bits per heavy atom. The molecule has 8 nitrogen and oxygen atoms in total. The maximum Gasteiger partial charge on any atom is 0.276 e. The summed E-state index contributed by atoms with van der Waals surface area (Å²) in [5, 5.41) is 0.559. The summed E-state index contributed by atoms with van der Waals surface area (Å²) in [6, 6.07) is 9.15. The smallest absolute Gasteiger partial charge is 0.276 e. The van der Waals surface area contributed by atoms with Crippen LogP contribution >= 0.6 is 11.3 Å². The third-order valence-electron chi connectivity index (χ3n) is 5.18. The van der Waals surface area contributed by atoms with Crippen molar-refractivity contribution in [1.29, 1.82) is 0 Å². The maximum absolute atomic E-state index is 13.4. The van der Waals surface area contributed by atoms with E-state index in [0.717, 1.165) is 23.1 Å². The van der Waals surface area contributed by atoms with Crippen molar-refractivity contribution >= 4 is 42.6 Å². The third-order valence-corrected chi connectivity index (χ3v) is 8.10. The summed E-state index contributed by atoms with van der Waals surface area (Å²) >= 11 is 1.42. The van der Waals surface area contributed by atoms with Crippen LogP contribution in [0, 0.1) is 0 Å². The predicted octanol–water partition coefficient (Wildman–Crippen LogP) is 2.71. The topological polar surface area (TPSA) is 84.7 Å². The monoisotopic (exact) mass is 448 g/mol. The molecular weight excluding hydrogens is 424 g/mol. The first-order valence-electron chi connectivity index (χ1n) is 9.74. The number of hydrogen-bond acceptors (Lipinski definition) is 6. The van der Waals surface area contributed by atoms with Crippen LogP contribution < -0.4 is 4.90 Å². The minimum Gasteiger partial charge on any atom is -0.383 e. The van der Waals surface area contributed by atoms with Crippen LogP contribution in [-0.4, -0.2) is 61.5 Å². The van der Waals surface area contributed by atoms with Crippen molar-refractivity contribution in [3.05, 3.63) is 42.2 Å². The second-order valence-electron chi connectivity index (χ2n) is 7.20. The van der Waals surface area contributed by atoms with E-state index in [1.807, 2.05) is 24.3 Å². The van der Waals surface area contributed by atoms with Crippen LogP contribution in [0.4, 0.5) is 5.13 Å². The van der Waals surface area contributed by atoms with Crippen molar-refractivity contribution < 1.29 is 17.9 Å². The van der Waals surface area contributed by atoms with Crippen LogP contribution in [0.5, 0.6) is 0 Å². The van der Waals surface area contributed by atoms with Gasteiger partial charge in [0.25, 0.3) is 5.91 Å². The van der Waals surface area contributed by atoms with Gasteiger partial charge in [-0.05, 0) is 31.0 Å². The predicted molar refractivity (Wildman–Crippen MR) is 117 cm³/mol. The first kappa shape index (κ1) is 21.0. The van der Waals surface area contributed by atoms with Gasteiger partial charge in [-0.1, -0.05) is 23.5 Å². The quantitative estimate of drug-likeness (QED) is 0.555. The molecule has 0 unspecified atom stereocenters. The highest BCUT2D eigenvalue weighted by molar-refractivity contribution is 7.89. The van der Waals surface area contributed by atoms with Crippen molar-refractivity contribution in [3.63, 3.8) is 0 Å². The number of benzene rings is 1. The van der Waals surface area contributed by atoms with Gasteiger partial charge in [-0.2, -0.15) is 4.31 Å². The highest BCUT2D eigenvalue weighted by atomic mass is 32.2. The van der Waals surface area contributed by atoms with Crippen LogP contribution in [0.25, 0.3) is 10.2 Å². The molecule has 0 spiro atoms. The zero-order chi connectivity index (χ0) is 21.3. The number of anilines is 1. The highest BCUT2D eigenvalue weighted by Crippen LogP contribution is 2.30. The summed E-state index contributed by atoms with van der Waals surface area (Å²) in [5.41, 5.74) is 1.11. The Balaban J connectivity index is 1.68. The molecule has 0 aliphatic carbocycles. The molecular formula is C20H24N4O4S2. The number of ether oxygens (including phenoxy) is 1. The number of para-hydroxylation sites is 1. The lowest BCUT2D eigenvalue weighted by atomic mass is 10.3. The summed E-state index contributed by atoms with van der Waals surface area (Å²) in [6.07, 6.45) is 3.23. The second kappa shape index (κ2) is 8.46. The van der Waals surface area contributed by atoms with Gasteiger partial charge in [0.15, 0.2) is 5.13 Å². The molecule has 1 aliphatic heterocycles. The molecule has 0 atom stereocenters. The minimum absolute atomic E-state index is 0.145. The Kier molecular flexibility index (Phi) is 5.92. The number of methoxy groups -OCH3 is 1. The summed E-state index contributed by atoms with van der Waals surface area (Å²) < 4.78 is 35.0. The highest BCUT2D eigenvalue weighted by Gasteiger charge is 2.31. The van der Waals surface area contributed by atoms with E-state index in [-0.39, 0.29) is 10.8 Å². The number of hydrogen-bond donors (Lipinski definition) is 0. The Morgan fingerprint density at radius 2 is 2.00 bits per heavy atom. The van der Waals surface area contributed by atoms with Gasteiger partial charge >= 0.3 is 0 Å². The number of amides is 1. The van der Waals surface area contributed by atoms with Crippen molar-refractivity contribution in [2.24, 2.45) is 7.05 Å². The Bertz CT molecular complexity index is 1130. The maximum atomic E-state index is 13.4. The normalized spacial score (nSPS) is 15.1. The van der Waals surface area contributed by atoms with E-state index >= 15 is 0 Å². The van der Waals surface area contributed by atoms with E-state index in [2.05, 4.69) is 4.98 Å². The standard InChI is InChI=1S/C20H24N4O4S2/c1-22-14-15(30(26,27)23-9-5-6-10-23)13-17(22)19(25)24(11-12-28-2)20-21-16-7-3-4-8-18(16)29-20/h3-4,7-8,13-14H,5-6,9-12H2,1-2H3. The number of nitrogens with zero attached hydrogens (tertiary/aromatic N) is 4. The second-order valence-corrected chi connectivity index (χ2v) is 10.1. The minimum atomic E-state index is -3.60. The average molecular weight is 449 g/mol. The average Bonchev–Trinajstić information content (AvgIpc) is 3.47. The fraction of sp³-hybridized carbons (Fsp3) is 0.400. The van der Waals surface area contributed by atoms with Crippen molar-refractivity contribution in [3.8, 4) is 0 Å². The Hall–Kier alpha value is -2.27. The number of sulfonamides is 1. The number of thiazole rings is 1. The molecule has 3 heterocycles. The lowest BCUT2D eigenvalue weighted by Crippen LogP contribution is -2.35. The van der Waals surface area contributed by atoms with Crippen molar-refractivity contribution in [2.45, 2.75) is 17.7 Å². The van der Waals surface area contributed by atoms with Crippen LogP contribution in [0.2, 0.25) is 0 Å². The van der Waals surface area contributed by atoms with Gasteiger partial charge in [-0.25, -0.2) is 13.4 Å². The molecule has 0 radical (unpaired) electrons. The number of carbonyl (C=O) groups is 1. The van der Waals surface area contributed by atoms with Gasteiger partial charge in [-0.3, -0.25) is 9.69 Å². The van der Waals surface area contributed by atoms with Gasteiger partial charge in [0.2, 0.25) is 10.0 Å². The summed E-state index contributed by atoms with van der Waals surface area (Å²) in [4.78, 5) is 19.7. The van der Waals surface area contributed by atoms with E-state index in [4.69, 9.17) is 4.74 Å². The van der Waals surface area contributed by atoms with Crippen molar-refractivity contribution in [1.82, 2.24) is 13.9 Å². The molecule has 0 N–H and O–H groups in total. The van der Waals surface area contributed by atoms with E-state index < -0.39 is 10.0 Å². The van der Waals surface area contributed by atoms with Gasteiger partial charge in [0.1, 0.15) is 10.6 Å². The van der Waals surface area contributed by atoms with E-state index in [9.17, 15) is 13.2 Å². The van der Waals surface area contributed by atoms with Crippen molar-refractivity contribution in [2.75, 3.05) is 38.3 Å². The third kappa shape index (κ3) is 3.87. The van der Waals surface area contributed by atoms with Crippen LogP contribution in [-0.2, 0) is 21.8 Å². The fourth-order valence-corrected chi connectivity index (χ4v) is 6.12. The number of aryl methyl sites for hydroxylation is 1. The van der Waals surface area contributed by atoms with E-state index in [1.165, 1.54) is 27.9 Å². The lowest BCUT2D eigenvalue weighted by molar-refractivity contribution is 0.0968. The first-order valence-corrected chi connectivity index (χ1v) is 12.0. The molecule has 160 valence electrons. The van der Waals surface area contributed by atoms with Gasteiger partial charge in [-0.15, -0.1) is 0 Å². The van der Waals surface area contributed by atoms with Gasteiger partial charge in [0.05, 0.1) is 23.4 Å². The summed E-state index contributed by atoms with van der Waals surface area (Å²) in [5.74, 6) is -0.309. The molecule has 1 aliphatic rings. The van der Waals surface area contributed by atoms with Gasteiger partial charge < -0.3 is 9.30 Å². The van der Waals surface area contributed by atoms with Crippen LogP contribution in [0.3, 0.4) is 0 Å². The summed E-state index contributed by atoms with van der Waals surface area (Å²) in [6.45, 7) is 1.69. The molecule has 4 rings (SSSR count). The van der Waals surface area contributed by atoms with E-state index in [0.29, 0.717) is 37.1 Å².